The van der Waals surface area contributed by atoms with E-state index in [2.05, 4.69) is 26.0 Å². The van der Waals surface area contributed by atoms with Crippen molar-refractivity contribution < 1.29 is 57.2 Å². The number of rotatable bonds is 26. The molecule has 0 saturated carbocycles. The molecule has 6 amide bonds. The van der Waals surface area contributed by atoms with E-state index in [0.717, 1.165) is 10.5 Å². The highest BCUT2D eigenvalue weighted by Crippen LogP contribution is 2.10. The summed E-state index contributed by atoms with van der Waals surface area (Å²) in [7, 11) is 0. The molecule has 48 heavy (non-hydrogen) atoms. The molecule has 4 N–H and O–H groups in total. The van der Waals surface area contributed by atoms with E-state index in [1.165, 1.54) is 19.1 Å². The number of nitrogens with one attached hydrogen (secondary N) is 4. The lowest BCUT2D eigenvalue weighted by Gasteiger charge is -2.14. The summed E-state index contributed by atoms with van der Waals surface area (Å²) < 4.78 is 26.2. The Morgan fingerprint density at radius 1 is 0.750 bits per heavy atom. The van der Waals surface area contributed by atoms with Gasteiger partial charge < -0.3 is 45.0 Å². The molecule has 1 heterocycles. The maximum absolute atomic E-state index is 12.2. The molecule has 1 aromatic carbocycles. The smallest absolute Gasteiger partial charge is 0.293 e. The number of nitrogens with zero attached hydrogens (tertiary/aromatic N) is 1. The van der Waals surface area contributed by atoms with Crippen LogP contribution < -0.4 is 21.3 Å². The van der Waals surface area contributed by atoms with Crippen LogP contribution in [0.3, 0.4) is 0 Å². The van der Waals surface area contributed by atoms with Crippen LogP contribution in [0.5, 0.6) is 0 Å². The van der Waals surface area contributed by atoms with E-state index in [1.807, 2.05) is 0 Å². The molecule has 0 aliphatic carbocycles. The molecule has 0 saturated heterocycles. The second kappa shape index (κ2) is 23.6. The predicted molar refractivity (Wildman–Crippen MR) is 168 cm³/mol. The minimum Gasteiger partial charge on any atom is -0.463 e. The molecule has 1 aromatic rings. The molecule has 0 radical (unpaired) electrons. The Labute approximate surface area is 278 Å². The number of anilines is 1. The molecule has 0 spiro atoms. The Hall–Kier alpha value is -4.71. The quantitative estimate of drug-likeness (QED) is 0.0517. The summed E-state index contributed by atoms with van der Waals surface area (Å²) in [6.45, 7) is 4.36. The van der Waals surface area contributed by atoms with Gasteiger partial charge in [-0.2, -0.15) is 0 Å². The monoisotopic (exact) mass is 677 g/mol. The van der Waals surface area contributed by atoms with Crippen LogP contribution in [0.1, 0.15) is 25.3 Å². The Kier molecular flexibility index (Phi) is 19.4. The normalized spacial score (nSPS) is 12.8. The van der Waals surface area contributed by atoms with Crippen LogP contribution in [0.25, 0.3) is 0 Å². The molecule has 1 atom stereocenters. The van der Waals surface area contributed by atoms with Crippen molar-refractivity contribution >= 4 is 47.6 Å². The average Bonchev–Trinajstić information content (AvgIpc) is 3.39. The largest absolute Gasteiger partial charge is 0.463 e. The molecule has 1 aliphatic rings. The maximum atomic E-state index is 12.2. The fraction of sp³-hybridized carbons (Fsp3) is 0.516. The van der Waals surface area contributed by atoms with Crippen molar-refractivity contribution in [2.45, 2.75) is 32.4 Å². The molecular weight excluding hydrogens is 634 g/mol. The first-order chi connectivity index (χ1) is 23.2. The summed E-state index contributed by atoms with van der Waals surface area (Å²) >= 11 is 0. The van der Waals surface area contributed by atoms with E-state index >= 15 is 0 Å². The van der Waals surface area contributed by atoms with E-state index in [1.54, 1.807) is 24.3 Å². The van der Waals surface area contributed by atoms with Gasteiger partial charge >= 0.3 is 0 Å². The third kappa shape index (κ3) is 17.3. The van der Waals surface area contributed by atoms with Gasteiger partial charge in [0, 0.05) is 43.8 Å². The zero-order valence-corrected chi connectivity index (χ0v) is 26.9. The van der Waals surface area contributed by atoms with E-state index < -0.39 is 29.7 Å². The lowest BCUT2D eigenvalue weighted by atomic mass is 10.2. The van der Waals surface area contributed by atoms with Crippen molar-refractivity contribution in [1.82, 2.24) is 20.9 Å². The molecule has 0 aromatic heterocycles. The zero-order valence-electron chi connectivity index (χ0n) is 26.9. The second-order valence-corrected chi connectivity index (χ2v) is 10.1. The molecule has 0 unspecified atom stereocenters. The van der Waals surface area contributed by atoms with E-state index in [-0.39, 0.29) is 64.2 Å². The third-order valence-electron chi connectivity index (χ3n) is 6.37. The van der Waals surface area contributed by atoms with Gasteiger partial charge in [0.25, 0.3) is 18.3 Å². The summed E-state index contributed by atoms with van der Waals surface area (Å²) in [4.78, 5) is 82.3. The molecule has 17 heteroatoms. The van der Waals surface area contributed by atoms with Crippen molar-refractivity contribution in [3.05, 3.63) is 42.0 Å². The Bertz CT molecular complexity index is 1220. The molecule has 264 valence electrons. The number of hydrogen-bond acceptors (Lipinski definition) is 12. The van der Waals surface area contributed by atoms with Crippen molar-refractivity contribution in [3.8, 4) is 0 Å². The summed E-state index contributed by atoms with van der Waals surface area (Å²) in [6.07, 6.45) is 2.41. The maximum Gasteiger partial charge on any atom is 0.293 e. The molecule has 1 aliphatic heterocycles. The van der Waals surface area contributed by atoms with E-state index in [4.69, 9.17) is 18.9 Å². The number of benzene rings is 1. The van der Waals surface area contributed by atoms with Crippen molar-refractivity contribution in [2.24, 2.45) is 0 Å². The van der Waals surface area contributed by atoms with Crippen LogP contribution in [0.2, 0.25) is 0 Å². The summed E-state index contributed by atoms with van der Waals surface area (Å²) in [5.41, 5.74) is 1.26. The fourth-order valence-corrected chi connectivity index (χ4v) is 3.86. The number of carbonyl (C=O) groups excluding carboxylic acids is 7. The topological polar surface area (TPSA) is 217 Å². The standard InChI is InChI=1S/C31H43N5O12/c1-23(31(43)33-20-28(40)35-25-4-2-24(3-5-25)21-48-22-37)34-27(39)9-12-44-14-16-46-18-19-47-17-15-45-13-10-32-26(38)8-11-36-29(41)6-7-30(36)42/h2-7,22-23H,8-21H2,1H3,(H,32,38)(H,33,43)(H,34,39)(H,35,40)/t23-/m0/s1. The number of amides is 6. The zero-order chi connectivity index (χ0) is 35.0. The number of imide groups is 1. The van der Waals surface area contributed by atoms with Crippen LogP contribution in [-0.2, 0) is 63.9 Å². The van der Waals surface area contributed by atoms with Gasteiger partial charge in [0.15, 0.2) is 0 Å². The van der Waals surface area contributed by atoms with Gasteiger partial charge in [0.05, 0.1) is 59.4 Å². The van der Waals surface area contributed by atoms with Crippen LogP contribution in [0, 0.1) is 0 Å². The third-order valence-corrected chi connectivity index (χ3v) is 6.37. The minimum atomic E-state index is -0.854. The summed E-state index contributed by atoms with van der Waals surface area (Å²) in [6, 6.07) is 5.80. The number of hydrogen-bond donors (Lipinski definition) is 4. The van der Waals surface area contributed by atoms with Gasteiger partial charge in [-0.05, 0) is 24.6 Å². The van der Waals surface area contributed by atoms with Gasteiger partial charge in [-0.15, -0.1) is 0 Å². The molecule has 0 fully saturated rings. The Morgan fingerprint density at radius 2 is 1.33 bits per heavy atom. The van der Waals surface area contributed by atoms with Gasteiger partial charge in [-0.1, -0.05) is 12.1 Å². The van der Waals surface area contributed by atoms with Gasteiger partial charge in [0.2, 0.25) is 23.6 Å². The first kappa shape index (κ1) is 39.5. The van der Waals surface area contributed by atoms with Crippen LogP contribution in [-0.4, -0.2) is 125 Å². The fourth-order valence-electron chi connectivity index (χ4n) is 3.86. The Morgan fingerprint density at radius 3 is 1.94 bits per heavy atom. The molecule has 2 rings (SSSR count). The average molecular weight is 678 g/mol. The van der Waals surface area contributed by atoms with Crippen molar-refractivity contribution in [2.75, 3.05) is 77.8 Å². The second-order valence-electron chi connectivity index (χ2n) is 10.1. The number of ether oxygens (including phenoxy) is 5. The minimum absolute atomic E-state index is 0.0223. The highest BCUT2D eigenvalue weighted by Gasteiger charge is 2.23. The van der Waals surface area contributed by atoms with Crippen LogP contribution in [0.4, 0.5) is 5.69 Å². The first-order valence-electron chi connectivity index (χ1n) is 15.3. The summed E-state index contributed by atoms with van der Waals surface area (Å²) in [5.74, 6) is -2.48. The van der Waals surface area contributed by atoms with Crippen molar-refractivity contribution in [3.63, 3.8) is 0 Å². The van der Waals surface area contributed by atoms with Crippen LogP contribution in [0.15, 0.2) is 36.4 Å². The number of carbonyl (C=O) groups is 7. The van der Waals surface area contributed by atoms with Gasteiger partial charge in [0.1, 0.15) is 12.6 Å². The lowest BCUT2D eigenvalue weighted by molar-refractivity contribution is -0.137. The predicted octanol–water partition coefficient (Wildman–Crippen LogP) is -1.19. The first-order valence-corrected chi connectivity index (χ1v) is 15.3. The highest BCUT2D eigenvalue weighted by molar-refractivity contribution is 6.13. The summed E-state index contributed by atoms with van der Waals surface area (Å²) in [5, 5.41) is 10.3. The van der Waals surface area contributed by atoms with E-state index in [9.17, 15) is 33.6 Å². The Balaban J connectivity index is 1.35. The van der Waals surface area contributed by atoms with Crippen molar-refractivity contribution in [1.29, 1.82) is 0 Å². The van der Waals surface area contributed by atoms with E-state index in [0.29, 0.717) is 51.7 Å². The van der Waals surface area contributed by atoms with Gasteiger partial charge in [-0.3, -0.25) is 38.5 Å². The molecule has 17 nitrogen and oxygen atoms in total. The van der Waals surface area contributed by atoms with Crippen LogP contribution >= 0.6 is 0 Å². The SMILES string of the molecule is C[C@H](NC(=O)CCOCCOCCOCCOCCNC(=O)CCN1C(=O)C=CC1=O)C(=O)NCC(=O)Nc1ccc(COC=O)cc1. The lowest BCUT2D eigenvalue weighted by Crippen LogP contribution is -2.46. The van der Waals surface area contributed by atoms with Gasteiger partial charge in [-0.25, -0.2) is 0 Å². The highest BCUT2D eigenvalue weighted by atomic mass is 16.6. The molecular formula is C31H43N5O12. The molecule has 0 bridgehead atoms.